The van der Waals surface area contributed by atoms with E-state index in [4.69, 9.17) is 0 Å². The fourth-order valence-corrected chi connectivity index (χ4v) is 2.94. The molecule has 0 spiro atoms. The van der Waals surface area contributed by atoms with Crippen LogP contribution in [0.5, 0.6) is 0 Å². The zero-order valence-corrected chi connectivity index (χ0v) is 12.5. The summed E-state index contributed by atoms with van der Waals surface area (Å²) >= 11 is 3.58. The molecular formula is C17H16S2. The second-order valence-corrected chi connectivity index (χ2v) is 5.93. The number of rotatable bonds is 5. The number of hydrogen-bond acceptors (Lipinski definition) is 2. The molecule has 0 fully saturated rings. The third-order valence-corrected chi connectivity index (χ3v) is 4.56. The van der Waals surface area contributed by atoms with Gasteiger partial charge in [-0.3, -0.25) is 0 Å². The molecule has 0 unspecified atom stereocenters. The van der Waals surface area contributed by atoms with E-state index in [2.05, 4.69) is 60.2 Å². The Hall–Kier alpha value is -1.51. The molecule has 19 heavy (non-hydrogen) atoms. The Kier molecular flexibility index (Phi) is 5.73. The van der Waals surface area contributed by atoms with Crippen LogP contribution in [0.25, 0.3) is 12.2 Å². The third-order valence-electron chi connectivity index (χ3n) is 2.51. The zero-order chi connectivity index (χ0) is 13.3. The summed E-state index contributed by atoms with van der Waals surface area (Å²) in [7, 11) is 0. The molecule has 1 heterocycles. The summed E-state index contributed by atoms with van der Waals surface area (Å²) in [6, 6.07) is 12.5. The van der Waals surface area contributed by atoms with Crippen LogP contribution in [0, 0.1) is 0 Å². The number of thioether (sulfide) groups is 1. The number of allylic oxidation sites excluding steroid dienone is 4. The van der Waals surface area contributed by atoms with Crippen LogP contribution >= 0.6 is 23.1 Å². The van der Waals surface area contributed by atoms with Crippen molar-refractivity contribution in [3.63, 3.8) is 0 Å². The van der Waals surface area contributed by atoms with Gasteiger partial charge in [0, 0.05) is 0 Å². The summed E-state index contributed by atoms with van der Waals surface area (Å²) in [6.45, 7) is 0. The van der Waals surface area contributed by atoms with Crippen molar-refractivity contribution in [1.82, 2.24) is 0 Å². The fourth-order valence-electron chi connectivity index (χ4n) is 1.55. The van der Waals surface area contributed by atoms with Crippen molar-refractivity contribution in [2.45, 2.75) is 4.21 Å². The minimum absolute atomic E-state index is 1.22. The van der Waals surface area contributed by atoms with Gasteiger partial charge in [0.2, 0.25) is 0 Å². The summed E-state index contributed by atoms with van der Waals surface area (Å²) in [6.07, 6.45) is 14.6. The van der Waals surface area contributed by atoms with E-state index in [1.54, 1.807) is 23.1 Å². The van der Waals surface area contributed by atoms with Gasteiger partial charge in [0.25, 0.3) is 0 Å². The van der Waals surface area contributed by atoms with Crippen LogP contribution in [0.1, 0.15) is 11.1 Å². The van der Waals surface area contributed by atoms with E-state index in [1.165, 1.54) is 15.3 Å². The average Bonchev–Trinajstić information content (AvgIpc) is 2.92. The molecular weight excluding hydrogens is 268 g/mol. The topological polar surface area (TPSA) is 0 Å². The van der Waals surface area contributed by atoms with E-state index in [-0.39, 0.29) is 0 Å². The maximum Gasteiger partial charge on any atom is 0.0601 e. The highest BCUT2D eigenvalue weighted by atomic mass is 32.2. The Morgan fingerprint density at radius 1 is 0.895 bits per heavy atom. The minimum Gasteiger partial charge on any atom is -0.137 e. The number of benzene rings is 1. The Morgan fingerprint density at radius 3 is 2.21 bits per heavy atom. The monoisotopic (exact) mass is 284 g/mol. The Labute approximate surface area is 123 Å². The summed E-state index contributed by atoms with van der Waals surface area (Å²) in [5, 5.41) is 2.18. The van der Waals surface area contributed by atoms with Crippen LogP contribution in [0.3, 0.4) is 0 Å². The van der Waals surface area contributed by atoms with Gasteiger partial charge in [-0.1, -0.05) is 66.8 Å². The highest BCUT2D eigenvalue weighted by Crippen LogP contribution is 2.24. The molecule has 0 aliphatic heterocycles. The molecule has 0 aliphatic carbocycles. The van der Waals surface area contributed by atoms with Crippen molar-refractivity contribution >= 4 is 35.3 Å². The lowest BCUT2D eigenvalue weighted by atomic mass is 10.2. The van der Waals surface area contributed by atoms with Crippen LogP contribution in [0.2, 0.25) is 0 Å². The lowest BCUT2D eigenvalue weighted by molar-refractivity contribution is 1.66. The molecule has 2 rings (SSSR count). The van der Waals surface area contributed by atoms with E-state index < -0.39 is 0 Å². The van der Waals surface area contributed by atoms with Gasteiger partial charge in [0.15, 0.2) is 0 Å². The van der Waals surface area contributed by atoms with Crippen molar-refractivity contribution < 1.29 is 0 Å². The van der Waals surface area contributed by atoms with Gasteiger partial charge < -0.3 is 0 Å². The van der Waals surface area contributed by atoms with Gasteiger partial charge in [-0.15, -0.1) is 23.1 Å². The smallest absolute Gasteiger partial charge is 0.0601 e. The predicted octanol–water partition coefficient (Wildman–Crippen LogP) is 5.75. The van der Waals surface area contributed by atoms with Crippen LogP contribution in [-0.2, 0) is 0 Å². The summed E-state index contributed by atoms with van der Waals surface area (Å²) in [5.41, 5.74) is 2.49. The normalized spacial score (nSPS) is 12.1. The van der Waals surface area contributed by atoms with Crippen LogP contribution in [0.15, 0.2) is 70.3 Å². The van der Waals surface area contributed by atoms with E-state index in [0.29, 0.717) is 0 Å². The van der Waals surface area contributed by atoms with E-state index in [1.807, 2.05) is 24.3 Å². The van der Waals surface area contributed by atoms with Crippen molar-refractivity contribution in [2.75, 3.05) is 6.26 Å². The molecule has 2 aromatic rings. The molecule has 0 saturated carbocycles. The second kappa shape index (κ2) is 7.82. The van der Waals surface area contributed by atoms with Crippen molar-refractivity contribution in [3.8, 4) is 0 Å². The quantitative estimate of drug-likeness (QED) is 0.497. The SMILES string of the molecule is CSc1cc(/C=C/C=C/C=C/c2ccccc2)cs1. The minimum atomic E-state index is 1.22. The molecule has 1 aromatic carbocycles. The first-order valence-electron chi connectivity index (χ1n) is 6.07. The number of thiophene rings is 1. The lowest BCUT2D eigenvalue weighted by Crippen LogP contribution is -1.66. The van der Waals surface area contributed by atoms with Crippen LogP contribution in [0.4, 0.5) is 0 Å². The standard InChI is InChI=1S/C17H16S2/c1-18-17-13-16(14-19-17)12-6-3-2-5-9-15-10-7-4-8-11-15/h2-14H,1H3/b3-2+,9-5+,12-6+. The largest absolute Gasteiger partial charge is 0.137 e. The first-order valence-corrected chi connectivity index (χ1v) is 8.18. The molecule has 0 N–H and O–H groups in total. The lowest BCUT2D eigenvalue weighted by Gasteiger charge is -1.88. The van der Waals surface area contributed by atoms with Gasteiger partial charge in [0.1, 0.15) is 0 Å². The molecule has 0 saturated heterocycles. The van der Waals surface area contributed by atoms with Crippen molar-refractivity contribution in [1.29, 1.82) is 0 Å². The van der Waals surface area contributed by atoms with Crippen LogP contribution in [-0.4, -0.2) is 6.26 Å². The maximum atomic E-state index is 2.21. The summed E-state index contributed by atoms with van der Waals surface area (Å²) in [4.78, 5) is 0. The summed E-state index contributed by atoms with van der Waals surface area (Å²) in [5.74, 6) is 0. The third kappa shape index (κ3) is 4.93. The Bertz CT molecular complexity index is 574. The average molecular weight is 284 g/mol. The van der Waals surface area contributed by atoms with E-state index in [9.17, 15) is 0 Å². The highest BCUT2D eigenvalue weighted by Gasteiger charge is 1.93. The van der Waals surface area contributed by atoms with Gasteiger partial charge in [0.05, 0.1) is 4.21 Å². The van der Waals surface area contributed by atoms with Gasteiger partial charge >= 0.3 is 0 Å². The molecule has 0 aliphatic rings. The molecule has 0 nitrogen and oxygen atoms in total. The van der Waals surface area contributed by atoms with E-state index >= 15 is 0 Å². The molecule has 0 atom stereocenters. The van der Waals surface area contributed by atoms with Crippen LogP contribution < -0.4 is 0 Å². The predicted molar refractivity (Wildman–Crippen MR) is 89.8 cm³/mol. The molecule has 2 heteroatoms. The van der Waals surface area contributed by atoms with Gasteiger partial charge in [-0.25, -0.2) is 0 Å². The zero-order valence-electron chi connectivity index (χ0n) is 10.8. The fraction of sp³-hybridized carbons (Fsp3) is 0.0588. The second-order valence-electron chi connectivity index (χ2n) is 3.92. The highest BCUT2D eigenvalue weighted by molar-refractivity contribution is 8.00. The van der Waals surface area contributed by atoms with Gasteiger partial charge in [-0.05, 0) is 28.8 Å². The maximum absolute atomic E-state index is 2.21. The summed E-state index contributed by atoms with van der Waals surface area (Å²) < 4.78 is 1.35. The van der Waals surface area contributed by atoms with E-state index in [0.717, 1.165) is 0 Å². The van der Waals surface area contributed by atoms with Crippen molar-refractivity contribution in [3.05, 3.63) is 77.2 Å². The molecule has 0 radical (unpaired) electrons. The molecule has 1 aromatic heterocycles. The number of hydrogen-bond donors (Lipinski definition) is 0. The molecule has 0 amide bonds. The Balaban J connectivity index is 1.85. The molecule has 0 bridgehead atoms. The first kappa shape index (κ1) is 13.9. The first-order chi connectivity index (χ1) is 9.38. The molecule has 96 valence electrons. The van der Waals surface area contributed by atoms with Crippen molar-refractivity contribution in [2.24, 2.45) is 0 Å². The van der Waals surface area contributed by atoms with Gasteiger partial charge in [-0.2, -0.15) is 0 Å². The Morgan fingerprint density at radius 2 is 1.58 bits per heavy atom.